The van der Waals surface area contributed by atoms with Crippen LogP contribution in [-0.4, -0.2) is 48.8 Å². The van der Waals surface area contributed by atoms with Crippen LogP contribution in [0.1, 0.15) is 31.2 Å². The van der Waals surface area contributed by atoms with Gasteiger partial charge >= 0.3 is 0 Å². The minimum absolute atomic E-state index is 0.377. The zero-order chi connectivity index (χ0) is 17.8. The highest BCUT2D eigenvalue weighted by molar-refractivity contribution is 5.49. The average molecular weight is 353 g/mol. The summed E-state index contributed by atoms with van der Waals surface area (Å²) in [5.41, 5.74) is 1.32. The standard InChI is InChI=1S/C21H27N3O2/c1-16(23-20-7-2-3-10-22-20)15-24-11-8-17(9-12-24)18-5-4-6-19-21(18)26-14-13-25-19/h2-7,10,16-17H,8-9,11-15H2,1H3,(H,22,23). The maximum Gasteiger partial charge on any atom is 0.164 e. The second kappa shape index (κ2) is 7.96. The molecule has 5 nitrogen and oxygen atoms in total. The number of anilines is 1. The van der Waals surface area contributed by atoms with Crippen molar-refractivity contribution in [2.45, 2.75) is 31.7 Å². The van der Waals surface area contributed by atoms with Gasteiger partial charge in [-0.15, -0.1) is 0 Å². The Morgan fingerprint density at radius 1 is 1.12 bits per heavy atom. The summed E-state index contributed by atoms with van der Waals surface area (Å²) in [5.74, 6) is 3.39. The van der Waals surface area contributed by atoms with Gasteiger partial charge in [-0.3, -0.25) is 0 Å². The number of hydrogen-bond acceptors (Lipinski definition) is 5. The molecule has 2 aromatic rings. The first-order valence-electron chi connectivity index (χ1n) is 9.58. The lowest BCUT2D eigenvalue weighted by molar-refractivity contribution is 0.164. The predicted molar refractivity (Wildman–Crippen MR) is 103 cm³/mol. The SMILES string of the molecule is CC(CN1CCC(c2cccc3c2OCCO3)CC1)Nc1ccccn1. The summed E-state index contributed by atoms with van der Waals surface area (Å²) in [7, 11) is 0. The van der Waals surface area contributed by atoms with Crippen molar-refractivity contribution in [3.05, 3.63) is 48.2 Å². The van der Waals surface area contributed by atoms with Gasteiger partial charge in [-0.2, -0.15) is 0 Å². The molecular weight excluding hydrogens is 326 g/mol. The van der Waals surface area contributed by atoms with Crippen molar-refractivity contribution in [1.29, 1.82) is 0 Å². The maximum atomic E-state index is 5.91. The summed E-state index contributed by atoms with van der Waals surface area (Å²) in [6, 6.07) is 12.7. The predicted octanol–water partition coefficient (Wildman–Crippen LogP) is 3.53. The van der Waals surface area contributed by atoms with Crippen LogP contribution < -0.4 is 14.8 Å². The van der Waals surface area contributed by atoms with Gasteiger partial charge in [0, 0.05) is 24.3 Å². The minimum Gasteiger partial charge on any atom is -0.486 e. The van der Waals surface area contributed by atoms with E-state index in [0.717, 1.165) is 49.8 Å². The van der Waals surface area contributed by atoms with Crippen LogP contribution in [0.5, 0.6) is 11.5 Å². The number of rotatable bonds is 5. The fourth-order valence-electron chi connectivity index (χ4n) is 3.98. The lowest BCUT2D eigenvalue weighted by Gasteiger charge is -2.35. The van der Waals surface area contributed by atoms with E-state index < -0.39 is 0 Å². The number of benzene rings is 1. The Kier molecular flexibility index (Phi) is 5.25. The monoisotopic (exact) mass is 353 g/mol. The van der Waals surface area contributed by atoms with E-state index in [2.05, 4.69) is 34.3 Å². The maximum absolute atomic E-state index is 5.91. The molecule has 2 aliphatic heterocycles. The highest BCUT2D eigenvalue weighted by Gasteiger charge is 2.26. The van der Waals surface area contributed by atoms with Crippen LogP contribution in [0.2, 0.25) is 0 Å². The Morgan fingerprint density at radius 3 is 2.77 bits per heavy atom. The third kappa shape index (κ3) is 3.93. The van der Waals surface area contributed by atoms with Gasteiger partial charge in [0.1, 0.15) is 19.0 Å². The number of nitrogens with zero attached hydrogens (tertiary/aromatic N) is 2. The molecule has 2 aliphatic rings. The third-order valence-electron chi connectivity index (χ3n) is 5.22. The molecule has 3 heterocycles. The van der Waals surface area contributed by atoms with Gasteiger partial charge in [-0.05, 0) is 57.0 Å². The summed E-state index contributed by atoms with van der Waals surface area (Å²) in [5, 5.41) is 3.48. The molecule has 1 N–H and O–H groups in total. The second-order valence-corrected chi connectivity index (χ2v) is 7.21. The van der Waals surface area contributed by atoms with E-state index in [0.29, 0.717) is 25.2 Å². The Labute approximate surface area is 155 Å². The lowest BCUT2D eigenvalue weighted by Crippen LogP contribution is -2.40. The number of aromatic nitrogens is 1. The average Bonchev–Trinajstić information content (AvgIpc) is 2.69. The molecule has 0 amide bonds. The smallest absolute Gasteiger partial charge is 0.164 e. The first-order valence-corrected chi connectivity index (χ1v) is 9.58. The summed E-state index contributed by atoms with van der Waals surface area (Å²) in [6.07, 6.45) is 4.15. The molecule has 0 spiro atoms. The molecule has 1 saturated heterocycles. The molecule has 1 aromatic heterocycles. The van der Waals surface area contributed by atoms with E-state index in [9.17, 15) is 0 Å². The quantitative estimate of drug-likeness (QED) is 0.891. The summed E-state index contributed by atoms with van der Waals surface area (Å²) < 4.78 is 11.6. The summed E-state index contributed by atoms with van der Waals surface area (Å²) >= 11 is 0. The Bertz CT molecular complexity index is 714. The van der Waals surface area contributed by atoms with Gasteiger partial charge in [-0.1, -0.05) is 18.2 Å². The van der Waals surface area contributed by atoms with Crippen LogP contribution >= 0.6 is 0 Å². The van der Waals surface area contributed by atoms with Gasteiger partial charge in [0.05, 0.1) is 0 Å². The van der Waals surface area contributed by atoms with Crippen LogP contribution in [-0.2, 0) is 0 Å². The van der Waals surface area contributed by atoms with Gasteiger partial charge in [0.25, 0.3) is 0 Å². The van der Waals surface area contributed by atoms with E-state index >= 15 is 0 Å². The van der Waals surface area contributed by atoms with Crippen molar-refractivity contribution >= 4 is 5.82 Å². The minimum atomic E-state index is 0.377. The first-order chi connectivity index (χ1) is 12.8. The number of fused-ring (bicyclic) bond motifs is 1. The number of ether oxygens (including phenoxy) is 2. The molecule has 5 heteroatoms. The van der Waals surface area contributed by atoms with Crippen molar-refractivity contribution in [3.8, 4) is 11.5 Å². The van der Waals surface area contributed by atoms with Crippen LogP contribution in [0, 0.1) is 0 Å². The van der Waals surface area contributed by atoms with Crippen LogP contribution in [0.25, 0.3) is 0 Å². The molecule has 0 bridgehead atoms. The van der Waals surface area contributed by atoms with Crippen molar-refractivity contribution < 1.29 is 9.47 Å². The fraction of sp³-hybridized carbons (Fsp3) is 0.476. The zero-order valence-corrected chi connectivity index (χ0v) is 15.4. The summed E-state index contributed by atoms with van der Waals surface area (Å²) in [6.45, 7) is 6.79. The molecule has 0 radical (unpaired) electrons. The molecular formula is C21H27N3O2. The largest absolute Gasteiger partial charge is 0.486 e. The van der Waals surface area contributed by atoms with E-state index in [4.69, 9.17) is 9.47 Å². The Hall–Kier alpha value is -2.27. The molecule has 0 aliphatic carbocycles. The van der Waals surface area contributed by atoms with Gasteiger partial charge in [-0.25, -0.2) is 4.98 Å². The van der Waals surface area contributed by atoms with E-state index in [1.165, 1.54) is 5.56 Å². The fourth-order valence-corrected chi connectivity index (χ4v) is 3.98. The van der Waals surface area contributed by atoms with E-state index in [1.807, 2.05) is 30.5 Å². The molecule has 138 valence electrons. The first kappa shape index (κ1) is 17.2. The van der Waals surface area contributed by atoms with E-state index in [1.54, 1.807) is 0 Å². The number of likely N-dealkylation sites (tertiary alicyclic amines) is 1. The number of piperidine rings is 1. The topological polar surface area (TPSA) is 46.6 Å². The number of nitrogens with one attached hydrogen (secondary N) is 1. The van der Waals surface area contributed by atoms with Crippen LogP contribution in [0.15, 0.2) is 42.6 Å². The third-order valence-corrected chi connectivity index (χ3v) is 5.22. The summed E-state index contributed by atoms with van der Waals surface area (Å²) in [4.78, 5) is 6.89. The molecule has 1 aromatic carbocycles. The number of para-hydroxylation sites is 1. The van der Waals surface area contributed by atoms with Gasteiger partial charge in [0.15, 0.2) is 11.5 Å². The van der Waals surface area contributed by atoms with Gasteiger partial charge in [0.2, 0.25) is 0 Å². The van der Waals surface area contributed by atoms with Crippen molar-refractivity contribution in [3.63, 3.8) is 0 Å². The Morgan fingerprint density at radius 2 is 1.96 bits per heavy atom. The zero-order valence-electron chi connectivity index (χ0n) is 15.4. The highest BCUT2D eigenvalue weighted by atomic mass is 16.6. The molecule has 4 rings (SSSR count). The molecule has 0 saturated carbocycles. The van der Waals surface area contributed by atoms with Crippen molar-refractivity contribution in [2.24, 2.45) is 0 Å². The Balaban J connectivity index is 1.32. The molecule has 1 fully saturated rings. The molecule has 1 atom stereocenters. The van der Waals surface area contributed by atoms with Gasteiger partial charge < -0.3 is 19.7 Å². The van der Waals surface area contributed by atoms with Crippen LogP contribution in [0.3, 0.4) is 0 Å². The van der Waals surface area contributed by atoms with Crippen LogP contribution in [0.4, 0.5) is 5.82 Å². The molecule has 1 unspecified atom stereocenters. The van der Waals surface area contributed by atoms with Crippen molar-refractivity contribution in [1.82, 2.24) is 9.88 Å². The van der Waals surface area contributed by atoms with Crippen molar-refractivity contribution in [2.75, 3.05) is 38.2 Å². The number of hydrogen-bond donors (Lipinski definition) is 1. The molecule has 26 heavy (non-hydrogen) atoms. The normalized spacial score (nSPS) is 19.1. The second-order valence-electron chi connectivity index (χ2n) is 7.21. The lowest BCUT2D eigenvalue weighted by atomic mass is 9.88. The number of pyridine rings is 1. The van der Waals surface area contributed by atoms with E-state index in [-0.39, 0.29) is 0 Å². The highest BCUT2D eigenvalue weighted by Crippen LogP contribution is 2.41.